The summed E-state index contributed by atoms with van der Waals surface area (Å²) in [6, 6.07) is 11.2. The number of amides is 1. The fourth-order valence-corrected chi connectivity index (χ4v) is 4.36. The molecule has 2 heterocycles. The lowest BCUT2D eigenvalue weighted by Crippen LogP contribution is -2.56. The van der Waals surface area contributed by atoms with Gasteiger partial charge >= 0.3 is 0 Å². The molecule has 1 aliphatic rings. The number of pyridine rings is 1. The quantitative estimate of drug-likeness (QED) is 0.682. The van der Waals surface area contributed by atoms with Crippen molar-refractivity contribution < 1.29 is 14.6 Å². The number of carbonyl (C=O) groups is 1. The highest BCUT2D eigenvalue weighted by Gasteiger charge is 2.36. The van der Waals surface area contributed by atoms with Crippen LogP contribution < -0.4 is 4.74 Å². The fourth-order valence-electron chi connectivity index (χ4n) is 3.58. The molecule has 2 atom stereocenters. The summed E-state index contributed by atoms with van der Waals surface area (Å²) in [5, 5.41) is 10.3. The SMILES string of the molecule is COc1ccc(CN2C[C@@H](c3cc(Cl)nc(Br)c3)N(C(C)=O)C[C@@H]2CO)cc1. The van der Waals surface area contributed by atoms with Gasteiger partial charge in [-0.2, -0.15) is 0 Å². The number of hydrogen-bond acceptors (Lipinski definition) is 5. The predicted octanol–water partition coefficient (Wildman–Crippen LogP) is 3.27. The van der Waals surface area contributed by atoms with Crippen LogP contribution in [0.4, 0.5) is 0 Å². The zero-order valence-corrected chi connectivity index (χ0v) is 18.2. The molecule has 1 aliphatic heterocycles. The summed E-state index contributed by atoms with van der Waals surface area (Å²) in [5.74, 6) is 0.773. The lowest BCUT2D eigenvalue weighted by atomic mass is 9.99. The van der Waals surface area contributed by atoms with E-state index in [0.717, 1.165) is 16.9 Å². The zero-order valence-electron chi connectivity index (χ0n) is 15.8. The molecule has 1 aromatic carbocycles. The summed E-state index contributed by atoms with van der Waals surface area (Å²) in [7, 11) is 1.64. The largest absolute Gasteiger partial charge is 0.497 e. The third-order valence-corrected chi connectivity index (χ3v) is 5.64. The third-order valence-electron chi connectivity index (χ3n) is 5.04. The number of nitrogens with zero attached hydrogens (tertiary/aromatic N) is 3. The molecule has 28 heavy (non-hydrogen) atoms. The fraction of sp³-hybridized carbons (Fsp3) is 0.400. The Morgan fingerprint density at radius 2 is 2.04 bits per heavy atom. The average Bonchev–Trinajstić information content (AvgIpc) is 2.67. The number of aliphatic hydroxyl groups is 1. The van der Waals surface area contributed by atoms with Crippen LogP contribution in [-0.4, -0.2) is 58.6 Å². The molecule has 0 spiro atoms. The summed E-state index contributed by atoms with van der Waals surface area (Å²) in [6.07, 6.45) is 0. The molecule has 8 heteroatoms. The van der Waals surface area contributed by atoms with E-state index in [9.17, 15) is 9.90 Å². The molecule has 6 nitrogen and oxygen atoms in total. The van der Waals surface area contributed by atoms with E-state index in [-0.39, 0.29) is 24.6 Å². The van der Waals surface area contributed by atoms with Gasteiger partial charge in [0.15, 0.2) is 0 Å². The maximum Gasteiger partial charge on any atom is 0.220 e. The lowest BCUT2D eigenvalue weighted by molar-refractivity contribution is -0.136. The van der Waals surface area contributed by atoms with Crippen LogP contribution in [0.25, 0.3) is 0 Å². The van der Waals surface area contributed by atoms with E-state index < -0.39 is 0 Å². The molecule has 0 radical (unpaired) electrons. The zero-order chi connectivity index (χ0) is 20.3. The highest BCUT2D eigenvalue weighted by Crippen LogP contribution is 2.31. The normalized spacial score (nSPS) is 20.2. The van der Waals surface area contributed by atoms with Gasteiger partial charge in [0.1, 0.15) is 15.5 Å². The van der Waals surface area contributed by atoms with Crippen LogP contribution in [0.1, 0.15) is 24.1 Å². The molecule has 1 N–H and O–H groups in total. The molecule has 3 rings (SSSR count). The molecule has 0 saturated carbocycles. The van der Waals surface area contributed by atoms with Crippen molar-refractivity contribution in [1.29, 1.82) is 0 Å². The van der Waals surface area contributed by atoms with Gasteiger partial charge in [-0.3, -0.25) is 9.69 Å². The third kappa shape index (κ3) is 4.84. The number of halogens is 2. The molecule has 0 aliphatic carbocycles. The molecule has 1 aromatic heterocycles. The smallest absolute Gasteiger partial charge is 0.220 e. The summed E-state index contributed by atoms with van der Waals surface area (Å²) in [6.45, 7) is 3.23. The average molecular weight is 469 g/mol. The van der Waals surface area contributed by atoms with Crippen LogP contribution in [-0.2, 0) is 11.3 Å². The van der Waals surface area contributed by atoms with Gasteiger partial charge in [-0.25, -0.2) is 4.98 Å². The summed E-state index contributed by atoms with van der Waals surface area (Å²) in [5.41, 5.74) is 2.03. The van der Waals surface area contributed by atoms with E-state index in [4.69, 9.17) is 16.3 Å². The minimum atomic E-state index is -0.171. The minimum absolute atomic E-state index is 0.0204. The first-order valence-corrected chi connectivity index (χ1v) is 10.2. The van der Waals surface area contributed by atoms with E-state index >= 15 is 0 Å². The monoisotopic (exact) mass is 467 g/mol. The molecular formula is C20H23BrClN3O3. The number of piperazine rings is 1. The van der Waals surface area contributed by atoms with Crippen molar-refractivity contribution in [2.45, 2.75) is 25.6 Å². The van der Waals surface area contributed by atoms with Crippen LogP contribution in [0.2, 0.25) is 5.15 Å². The molecule has 2 aromatic rings. The van der Waals surface area contributed by atoms with Crippen molar-refractivity contribution in [3.05, 3.63) is 57.3 Å². The number of methoxy groups -OCH3 is 1. The van der Waals surface area contributed by atoms with Crippen molar-refractivity contribution in [2.75, 3.05) is 26.8 Å². The second kappa shape index (κ2) is 9.22. The number of benzene rings is 1. The summed E-state index contributed by atoms with van der Waals surface area (Å²) >= 11 is 9.52. The first kappa shape index (κ1) is 21.0. The van der Waals surface area contributed by atoms with Gasteiger partial charge in [-0.15, -0.1) is 0 Å². The van der Waals surface area contributed by atoms with Crippen molar-refractivity contribution in [3.8, 4) is 5.75 Å². The Hall–Kier alpha value is -1.67. The van der Waals surface area contributed by atoms with Crippen LogP contribution in [0.3, 0.4) is 0 Å². The molecular weight excluding hydrogens is 446 g/mol. The summed E-state index contributed by atoms with van der Waals surface area (Å²) in [4.78, 5) is 20.4. The van der Waals surface area contributed by atoms with E-state index in [1.54, 1.807) is 25.0 Å². The first-order valence-electron chi connectivity index (χ1n) is 8.99. The maximum absolute atomic E-state index is 12.3. The van der Waals surface area contributed by atoms with Gasteiger partial charge < -0.3 is 14.7 Å². The minimum Gasteiger partial charge on any atom is -0.497 e. The molecule has 1 saturated heterocycles. The Labute approximate surface area is 178 Å². The summed E-state index contributed by atoms with van der Waals surface area (Å²) < 4.78 is 5.85. The highest BCUT2D eigenvalue weighted by atomic mass is 79.9. The van der Waals surface area contributed by atoms with Crippen molar-refractivity contribution in [2.24, 2.45) is 0 Å². The van der Waals surface area contributed by atoms with E-state index in [2.05, 4.69) is 25.8 Å². The maximum atomic E-state index is 12.3. The van der Waals surface area contributed by atoms with Crippen molar-refractivity contribution in [1.82, 2.24) is 14.8 Å². The Morgan fingerprint density at radius 1 is 1.32 bits per heavy atom. The number of hydrogen-bond donors (Lipinski definition) is 1. The molecule has 0 unspecified atom stereocenters. The Kier molecular flexibility index (Phi) is 6.93. The van der Waals surface area contributed by atoms with Crippen LogP contribution in [0, 0.1) is 0 Å². The topological polar surface area (TPSA) is 65.9 Å². The van der Waals surface area contributed by atoms with Gasteiger partial charge in [0.2, 0.25) is 5.91 Å². The van der Waals surface area contributed by atoms with Gasteiger partial charge in [0, 0.05) is 26.6 Å². The van der Waals surface area contributed by atoms with Gasteiger partial charge in [0.05, 0.1) is 25.8 Å². The molecule has 1 fully saturated rings. The number of rotatable bonds is 5. The van der Waals surface area contributed by atoms with E-state index in [1.165, 1.54) is 0 Å². The molecule has 0 bridgehead atoms. The lowest BCUT2D eigenvalue weighted by Gasteiger charge is -2.46. The standard InChI is InChI=1S/C20H23BrClN3O3/c1-13(27)25-10-16(12-26)24(9-14-3-5-17(28-2)6-4-14)11-18(25)15-7-19(21)23-20(22)8-15/h3-8,16,18,26H,9-12H2,1-2H3/t16-,18+/m1/s1. The number of aliphatic hydroxyl groups excluding tert-OH is 1. The Morgan fingerprint density at radius 3 is 2.61 bits per heavy atom. The first-order chi connectivity index (χ1) is 13.4. The van der Waals surface area contributed by atoms with Crippen LogP contribution >= 0.6 is 27.5 Å². The van der Waals surface area contributed by atoms with Gasteiger partial charge in [-0.05, 0) is 51.3 Å². The Bertz CT molecular complexity index is 814. The van der Waals surface area contributed by atoms with Gasteiger partial charge in [-0.1, -0.05) is 23.7 Å². The number of carbonyl (C=O) groups excluding carboxylic acids is 1. The second-order valence-corrected chi connectivity index (χ2v) is 8.05. The van der Waals surface area contributed by atoms with Crippen molar-refractivity contribution >= 4 is 33.4 Å². The molecule has 150 valence electrons. The van der Waals surface area contributed by atoms with Crippen LogP contribution in [0.15, 0.2) is 41.0 Å². The predicted molar refractivity (Wildman–Crippen MR) is 111 cm³/mol. The number of ether oxygens (including phenoxy) is 1. The van der Waals surface area contributed by atoms with E-state index in [1.807, 2.05) is 30.3 Å². The highest BCUT2D eigenvalue weighted by molar-refractivity contribution is 9.10. The molecule has 1 amide bonds. The van der Waals surface area contributed by atoms with Crippen LogP contribution in [0.5, 0.6) is 5.75 Å². The second-order valence-electron chi connectivity index (χ2n) is 6.85. The number of aromatic nitrogens is 1. The van der Waals surface area contributed by atoms with Crippen molar-refractivity contribution in [3.63, 3.8) is 0 Å². The van der Waals surface area contributed by atoms with Gasteiger partial charge in [0.25, 0.3) is 0 Å². The Balaban J connectivity index is 1.88. The van der Waals surface area contributed by atoms with E-state index in [0.29, 0.717) is 29.4 Å².